The standard InChI is InChI=1S/C21H21N3O4/c1-3-28-17-11-9-16(10-12-17)22-14(2)18-19(25)23-21(27)24(20(18)26)13-15-7-5-4-6-8-15/h4-12,26H,3,13H2,1-2H3,(H,23,25,27). The largest absolute Gasteiger partial charge is 0.494 e. The second-order valence-electron chi connectivity index (χ2n) is 6.15. The Labute approximate surface area is 161 Å². The van der Waals surface area contributed by atoms with Gasteiger partial charge in [-0.25, -0.2) is 4.79 Å². The summed E-state index contributed by atoms with van der Waals surface area (Å²) in [5, 5.41) is 10.6. The average molecular weight is 379 g/mol. The number of aromatic hydroxyl groups is 1. The number of ether oxygens (including phenoxy) is 1. The minimum absolute atomic E-state index is 0.0376. The van der Waals surface area contributed by atoms with Crippen molar-refractivity contribution in [2.24, 2.45) is 4.99 Å². The van der Waals surface area contributed by atoms with Gasteiger partial charge in [-0.3, -0.25) is 19.3 Å². The van der Waals surface area contributed by atoms with E-state index in [-0.39, 0.29) is 12.1 Å². The Kier molecular flexibility index (Phi) is 5.74. The summed E-state index contributed by atoms with van der Waals surface area (Å²) >= 11 is 0. The van der Waals surface area contributed by atoms with Crippen molar-refractivity contribution in [3.8, 4) is 11.6 Å². The van der Waals surface area contributed by atoms with E-state index in [9.17, 15) is 14.7 Å². The van der Waals surface area contributed by atoms with Crippen molar-refractivity contribution in [1.29, 1.82) is 0 Å². The molecule has 3 rings (SSSR count). The molecular weight excluding hydrogens is 358 g/mol. The van der Waals surface area contributed by atoms with Crippen LogP contribution < -0.4 is 16.0 Å². The van der Waals surface area contributed by atoms with E-state index in [1.807, 2.05) is 37.3 Å². The number of H-pyrrole nitrogens is 1. The lowest BCUT2D eigenvalue weighted by Crippen LogP contribution is -2.33. The molecule has 0 amide bonds. The molecule has 0 saturated heterocycles. The van der Waals surface area contributed by atoms with E-state index < -0.39 is 17.1 Å². The van der Waals surface area contributed by atoms with Crippen molar-refractivity contribution in [3.05, 3.63) is 86.6 Å². The van der Waals surface area contributed by atoms with Crippen LogP contribution in [0.25, 0.3) is 0 Å². The fourth-order valence-electron chi connectivity index (χ4n) is 2.83. The van der Waals surface area contributed by atoms with Crippen LogP contribution in [-0.2, 0) is 6.54 Å². The summed E-state index contributed by atoms with van der Waals surface area (Å²) in [4.78, 5) is 31.1. The van der Waals surface area contributed by atoms with Gasteiger partial charge in [0.1, 0.15) is 11.3 Å². The van der Waals surface area contributed by atoms with Crippen molar-refractivity contribution in [2.45, 2.75) is 20.4 Å². The van der Waals surface area contributed by atoms with Crippen LogP contribution in [0.5, 0.6) is 11.6 Å². The summed E-state index contributed by atoms with van der Waals surface area (Å²) in [5.41, 5.74) is 0.316. The summed E-state index contributed by atoms with van der Waals surface area (Å²) < 4.78 is 6.51. The number of aliphatic imine (C=N–C) groups is 1. The van der Waals surface area contributed by atoms with Gasteiger partial charge in [0.15, 0.2) is 0 Å². The van der Waals surface area contributed by atoms with Crippen LogP contribution in [0, 0.1) is 0 Å². The zero-order chi connectivity index (χ0) is 20.1. The molecule has 0 unspecified atom stereocenters. The topological polar surface area (TPSA) is 96.7 Å². The molecule has 7 heteroatoms. The predicted octanol–water partition coefficient (Wildman–Crippen LogP) is 2.83. The minimum Gasteiger partial charge on any atom is -0.494 e. The first-order valence-corrected chi connectivity index (χ1v) is 8.88. The molecule has 0 fully saturated rings. The zero-order valence-electron chi connectivity index (χ0n) is 15.7. The first kappa shape index (κ1) is 19.2. The molecule has 0 spiro atoms. The number of hydrogen-bond acceptors (Lipinski definition) is 5. The van der Waals surface area contributed by atoms with E-state index in [1.54, 1.807) is 31.2 Å². The van der Waals surface area contributed by atoms with E-state index >= 15 is 0 Å². The molecule has 0 atom stereocenters. The maximum Gasteiger partial charge on any atom is 0.331 e. The minimum atomic E-state index is -0.681. The Bertz CT molecular complexity index is 1100. The van der Waals surface area contributed by atoms with Crippen LogP contribution in [0.1, 0.15) is 25.0 Å². The molecule has 0 radical (unpaired) electrons. The Morgan fingerprint density at radius 2 is 1.79 bits per heavy atom. The van der Waals surface area contributed by atoms with Crippen molar-refractivity contribution in [1.82, 2.24) is 9.55 Å². The van der Waals surface area contributed by atoms with E-state index in [0.29, 0.717) is 18.0 Å². The lowest BCUT2D eigenvalue weighted by molar-refractivity contribution is 0.340. The van der Waals surface area contributed by atoms with Crippen molar-refractivity contribution >= 4 is 11.4 Å². The number of rotatable bonds is 6. The smallest absolute Gasteiger partial charge is 0.331 e. The van der Waals surface area contributed by atoms with Gasteiger partial charge in [-0.15, -0.1) is 0 Å². The zero-order valence-corrected chi connectivity index (χ0v) is 15.7. The normalized spacial score (nSPS) is 11.4. The van der Waals surface area contributed by atoms with Crippen LogP contribution in [0.4, 0.5) is 5.69 Å². The van der Waals surface area contributed by atoms with E-state index in [4.69, 9.17) is 4.74 Å². The SMILES string of the molecule is CCOc1ccc(N=C(C)c2c(O)n(Cc3ccccc3)c(=O)[nH]c2=O)cc1. The van der Waals surface area contributed by atoms with Gasteiger partial charge in [0.2, 0.25) is 5.88 Å². The fourth-order valence-corrected chi connectivity index (χ4v) is 2.83. The van der Waals surface area contributed by atoms with E-state index in [1.165, 1.54) is 0 Å². The van der Waals surface area contributed by atoms with Gasteiger partial charge < -0.3 is 9.84 Å². The summed E-state index contributed by atoms with van der Waals surface area (Å²) in [5.74, 6) is 0.306. The molecule has 0 aliphatic heterocycles. The number of nitrogens with one attached hydrogen (secondary N) is 1. The highest BCUT2D eigenvalue weighted by Gasteiger charge is 2.17. The van der Waals surface area contributed by atoms with Crippen LogP contribution in [-0.4, -0.2) is 27.0 Å². The van der Waals surface area contributed by atoms with Gasteiger partial charge in [-0.05, 0) is 43.7 Å². The summed E-state index contributed by atoms with van der Waals surface area (Å²) in [6, 6.07) is 16.2. The molecule has 0 bridgehead atoms. The Morgan fingerprint density at radius 3 is 2.43 bits per heavy atom. The number of aromatic amines is 1. The second-order valence-corrected chi connectivity index (χ2v) is 6.15. The molecular formula is C21H21N3O4. The van der Waals surface area contributed by atoms with Gasteiger partial charge in [-0.1, -0.05) is 30.3 Å². The van der Waals surface area contributed by atoms with Crippen molar-refractivity contribution in [3.63, 3.8) is 0 Å². The molecule has 144 valence electrons. The molecule has 0 saturated carbocycles. The molecule has 7 nitrogen and oxygen atoms in total. The highest BCUT2D eigenvalue weighted by Crippen LogP contribution is 2.20. The number of aromatic nitrogens is 2. The molecule has 0 aliphatic carbocycles. The summed E-state index contributed by atoms with van der Waals surface area (Å²) in [7, 11) is 0. The Hall–Kier alpha value is -3.61. The Morgan fingerprint density at radius 1 is 1.11 bits per heavy atom. The summed E-state index contributed by atoms with van der Waals surface area (Å²) in [6.45, 7) is 4.20. The summed E-state index contributed by atoms with van der Waals surface area (Å²) in [6.07, 6.45) is 0. The lowest BCUT2D eigenvalue weighted by atomic mass is 10.2. The third-order valence-corrected chi connectivity index (χ3v) is 4.16. The third-order valence-electron chi connectivity index (χ3n) is 4.16. The van der Waals surface area contributed by atoms with Crippen LogP contribution >= 0.6 is 0 Å². The predicted molar refractivity (Wildman–Crippen MR) is 108 cm³/mol. The maximum atomic E-state index is 12.3. The molecule has 3 aromatic rings. The maximum absolute atomic E-state index is 12.3. The van der Waals surface area contributed by atoms with Crippen LogP contribution in [0.3, 0.4) is 0 Å². The fraction of sp³-hybridized carbons (Fsp3) is 0.190. The quantitative estimate of drug-likeness (QED) is 0.644. The third kappa shape index (κ3) is 4.20. The monoisotopic (exact) mass is 379 g/mol. The molecule has 2 N–H and O–H groups in total. The number of hydrogen-bond donors (Lipinski definition) is 2. The molecule has 1 heterocycles. The lowest BCUT2D eigenvalue weighted by Gasteiger charge is -2.11. The number of nitrogens with zero attached hydrogens (tertiary/aromatic N) is 2. The van der Waals surface area contributed by atoms with Gasteiger partial charge in [-0.2, -0.15) is 0 Å². The van der Waals surface area contributed by atoms with Gasteiger partial charge >= 0.3 is 5.69 Å². The van der Waals surface area contributed by atoms with Crippen molar-refractivity contribution in [2.75, 3.05) is 6.61 Å². The van der Waals surface area contributed by atoms with Gasteiger partial charge in [0, 0.05) is 0 Å². The molecule has 28 heavy (non-hydrogen) atoms. The highest BCUT2D eigenvalue weighted by molar-refractivity contribution is 6.01. The van der Waals surface area contributed by atoms with Crippen molar-refractivity contribution < 1.29 is 9.84 Å². The van der Waals surface area contributed by atoms with Gasteiger partial charge in [0.25, 0.3) is 5.56 Å². The first-order chi connectivity index (χ1) is 13.5. The molecule has 1 aromatic heterocycles. The number of benzene rings is 2. The van der Waals surface area contributed by atoms with E-state index in [2.05, 4.69) is 9.98 Å². The van der Waals surface area contributed by atoms with Crippen LogP contribution in [0.2, 0.25) is 0 Å². The van der Waals surface area contributed by atoms with E-state index in [0.717, 1.165) is 15.9 Å². The highest BCUT2D eigenvalue weighted by atomic mass is 16.5. The first-order valence-electron chi connectivity index (χ1n) is 8.88. The molecule has 2 aromatic carbocycles. The Balaban J connectivity index is 1.99. The van der Waals surface area contributed by atoms with Gasteiger partial charge in [0.05, 0.1) is 24.6 Å². The average Bonchev–Trinajstić information content (AvgIpc) is 2.67. The second kappa shape index (κ2) is 8.39. The molecule has 0 aliphatic rings. The van der Waals surface area contributed by atoms with Crippen LogP contribution in [0.15, 0.2) is 69.2 Å².